The number of rotatable bonds is 3. The van der Waals surface area contributed by atoms with E-state index in [1.165, 1.54) is 0 Å². The molecule has 2 aromatic rings. The summed E-state index contributed by atoms with van der Waals surface area (Å²) in [4.78, 5) is 23.2. The van der Waals surface area contributed by atoms with Crippen molar-refractivity contribution in [1.29, 1.82) is 0 Å². The second-order valence-corrected chi connectivity index (χ2v) is 5.82. The zero-order valence-corrected chi connectivity index (χ0v) is 13.7. The first-order valence-corrected chi connectivity index (χ1v) is 7.80. The molecule has 0 spiro atoms. The Morgan fingerprint density at radius 1 is 1.21 bits per heavy atom. The van der Waals surface area contributed by atoms with Gasteiger partial charge in [-0.2, -0.15) is 0 Å². The summed E-state index contributed by atoms with van der Waals surface area (Å²) in [5.41, 5.74) is 11.6. The lowest BCUT2D eigenvalue weighted by atomic mass is 10.0. The molecule has 2 aromatic carbocycles. The molecule has 124 valence electrons. The molecular weight excluding hydrogens is 304 g/mol. The summed E-state index contributed by atoms with van der Waals surface area (Å²) >= 11 is 0. The van der Waals surface area contributed by atoms with Crippen molar-refractivity contribution < 1.29 is 9.59 Å². The van der Waals surface area contributed by atoms with Gasteiger partial charge < -0.3 is 21.7 Å². The van der Waals surface area contributed by atoms with Gasteiger partial charge in [0.05, 0.1) is 11.4 Å². The van der Waals surface area contributed by atoms with E-state index in [4.69, 9.17) is 5.73 Å². The SMILES string of the molecule is CNC(=O)c1ccc(Nc2ccc3c(c2)CCC(=O)N3)c(N)c1C. The third kappa shape index (κ3) is 2.90. The first-order valence-electron chi connectivity index (χ1n) is 7.80. The Balaban J connectivity index is 1.88. The van der Waals surface area contributed by atoms with Gasteiger partial charge in [-0.05, 0) is 54.8 Å². The molecule has 0 radical (unpaired) electrons. The maximum absolute atomic E-state index is 11.8. The zero-order valence-electron chi connectivity index (χ0n) is 13.7. The highest BCUT2D eigenvalue weighted by atomic mass is 16.2. The van der Waals surface area contributed by atoms with Crippen LogP contribution in [0.2, 0.25) is 0 Å². The van der Waals surface area contributed by atoms with Crippen LogP contribution in [-0.4, -0.2) is 18.9 Å². The van der Waals surface area contributed by atoms with Crippen LogP contribution in [0.25, 0.3) is 0 Å². The number of hydrogen-bond donors (Lipinski definition) is 4. The molecule has 1 aliphatic heterocycles. The number of fused-ring (bicyclic) bond motifs is 1. The Hall–Kier alpha value is -3.02. The Morgan fingerprint density at radius 3 is 2.75 bits per heavy atom. The van der Waals surface area contributed by atoms with Gasteiger partial charge in [0.15, 0.2) is 0 Å². The summed E-state index contributed by atoms with van der Waals surface area (Å²) in [6.45, 7) is 1.83. The van der Waals surface area contributed by atoms with Crippen molar-refractivity contribution in [3.8, 4) is 0 Å². The fraction of sp³-hybridized carbons (Fsp3) is 0.222. The first-order chi connectivity index (χ1) is 11.5. The van der Waals surface area contributed by atoms with E-state index in [0.717, 1.165) is 34.6 Å². The number of nitrogen functional groups attached to an aromatic ring is 1. The van der Waals surface area contributed by atoms with Gasteiger partial charge in [-0.15, -0.1) is 0 Å². The Labute approximate surface area is 140 Å². The first kappa shape index (κ1) is 15.9. The Morgan fingerprint density at radius 2 is 2.00 bits per heavy atom. The fourth-order valence-electron chi connectivity index (χ4n) is 2.83. The highest BCUT2D eigenvalue weighted by Gasteiger charge is 2.16. The molecule has 0 aromatic heterocycles. The monoisotopic (exact) mass is 324 g/mol. The summed E-state index contributed by atoms with van der Waals surface area (Å²) in [5.74, 6) is -0.108. The standard InChI is InChI=1S/C18H20N4O2/c1-10-13(18(24)20-2)5-7-15(17(10)19)21-12-4-6-14-11(9-12)3-8-16(23)22-14/h4-7,9,21H,3,8,19H2,1-2H3,(H,20,24)(H,22,23). The predicted molar refractivity (Wildman–Crippen MR) is 95.7 cm³/mol. The number of nitrogens with two attached hydrogens (primary N) is 1. The molecular formula is C18H20N4O2. The van der Waals surface area contributed by atoms with E-state index in [1.54, 1.807) is 19.2 Å². The van der Waals surface area contributed by atoms with E-state index in [9.17, 15) is 9.59 Å². The third-order valence-electron chi connectivity index (χ3n) is 4.27. The number of nitrogens with one attached hydrogen (secondary N) is 3. The zero-order chi connectivity index (χ0) is 17.3. The molecule has 1 heterocycles. The van der Waals surface area contributed by atoms with Gasteiger partial charge in [0.2, 0.25) is 5.91 Å². The van der Waals surface area contributed by atoms with Gasteiger partial charge in [0.1, 0.15) is 0 Å². The number of carbonyl (C=O) groups excluding carboxylic acids is 2. The van der Waals surface area contributed by atoms with E-state index in [2.05, 4.69) is 16.0 Å². The smallest absolute Gasteiger partial charge is 0.251 e. The van der Waals surface area contributed by atoms with Crippen molar-refractivity contribution in [3.05, 3.63) is 47.0 Å². The van der Waals surface area contributed by atoms with Crippen LogP contribution in [0.3, 0.4) is 0 Å². The largest absolute Gasteiger partial charge is 0.397 e. The van der Waals surface area contributed by atoms with E-state index >= 15 is 0 Å². The molecule has 6 nitrogen and oxygen atoms in total. The van der Waals surface area contributed by atoms with Crippen LogP contribution in [0.1, 0.15) is 27.9 Å². The molecule has 2 amide bonds. The molecule has 1 aliphatic rings. The van der Waals surface area contributed by atoms with Crippen LogP contribution in [-0.2, 0) is 11.2 Å². The quantitative estimate of drug-likeness (QED) is 0.652. The third-order valence-corrected chi connectivity index (χ3v) is 4.27. The summed E-state index contributed by atoms with van der Waals surface area (Å²) in [6, 6.07) is 9.35. The lowest BCUT2D eigenvalue weighted by Gasteiger charge is -2.19. The van der Waals surface area contributed by atoms with Crippen molar-refractivity contribution >= 4 is 34.6 Å². The van der Waals surface area contributed by atoms with Crippen molar-refractivity contribution in [3.63, 3.8) is 0 Å². The minimum Gasteiger partial charge on any atom is -0.397 e. The maximum Gasteiger partial charge on any atom is 0.251 e. The molecule has 6 heteroatoms. The molecule has 5 N–H and O–H groups in total. The number of carbonyl (C=O) groups is 2. The number of anilines is 4. The highest BCUT2D eigenvalue weighted by molar-refractivity contribution is 5.98. The number of hydrogen-bond acceptors (Lipinski definition) is 4. The van der Waals surface area contributed by atoms with Crippen LogP contribution >= 0.6 is 0 Å². The minimum atomic E-state index is -0.157. The fourth-order valence-corrected chi connectivity index (χ4v) is 2.83. The second kappa shape index (κ2) is 6.23. The van der Waals surface area contributed by atoms with E-state index in [0.29, 0.717) is 17.7 Å². The molecule has 0 atom stereocenters. The normalized spacial score (nSPS) is 13.0. The predicted octanol–water partition coefficient (Wildman–Crippen LogP) is 2.57. The van der Waals surface area contributed by atoms with Gasteiger partial charge in [-0.25, -0.2) is 0 Å². The van der Waals surface area contributed by atoms with Crippen molar-refractivity contribution in [1.82, 2.24) is 5.32 Å². The molecule has 24 heavy (non-hydrogen) atoms. The lowest BCUT2D eigenvalue weighted by Crippen LogP contribution is -2.19. The molecule has 0 aliphatic carbocycles. The summed E-state index contributed by atoms with van der Waals surface area (Å²) in [7, 11) is 1.59. The molecule has 0 saturated carbocycles. The van der Waals surface area contributed by atoms with Crippen LogP contribution < -0.4 is 21.7 Å². The van der Waals surface area contributed by atoms with Crippen LogP contribution in [0.4, 0.5) is 22.7 Å². The highest BCUT2D eigenvalue weighted by Crippen LogP contribution is 2.31. The molecule has 0 unspecified atom stereocenters. The summed E-state index contributed by atoms with van der Waals surface area (Å²) in [6.07, 6.45) is 1.22. The van der Waals surface area contributed by atoms with Gasteiger partial charge >= 0.3 is 0 Å². The topological polar surface area (TPSA) is 96.2 Å². The van der Waals surface area contributed by atoms with Crippen LogP contribution in [0.5, 0.6) is 0 Å². The minimum absolute atomic E-state index is 0.0490. The number of benzene rings is 2. The van der Waals surface area contributed by atoms with Gasteiger partial charge in [-0.1, -0.05) is 0 Å². The molecule has 0 fully saturated rings. The van der Waals surface area contributed by atoms with E-state index in [-0.39, 0.29) is 11.8 Å². The van der Waals surface area contributed by atoms with Gasteiger partial charge in [0, 0.05) is 30.4 Å². The van der Waals surface area contributed by atoms with Crippen LogP contribution in [0.15, 0.2) is 30.3 Å². The Bertz CT molecular complexity index is 830. The molecule has 3 rings (SSSR count). The van der Waals surface area contributed by atoms with E-state index < -0.39 is 0 Å². The lowest BCUT2D eigenvalue weighted by molar-refractivity contribution is -0.116. The molecule has 0 saturated heterocycles. The van der Waals surface area contributed by atoms with Crippen molar-refractivity contribution in [2.24, 2.45) is 0 Å². The van der Waals surface area contributed by atoms with Crippen LogP contribution in [0, 0.1) is 6.92 Å². The van der Waals surface area contributed by atoms with E-state index in [1.807, 2.05) is 25.1 Å². The molecule has 0 bridgehead atoms. The number of amides is 2. The van der Waals surface area contributed by atoms with Crippen molar-refractivity contribution in [2.75, 3.05) is 23.4 Å². The Kier molecular flexibility index (Phi) is 4.12. The van der Waals surface area contributed by atoms with Gasteiger partial charge in [-0.3, -0.25) is 9.59 Å². The average Bonchev–Trinajstić information content (AvgIpc) is 2.58. The van der Waals surface area contributed by atoms with Crippen molar-refractivity contribution in [2.45, 2.75) is 19.8 Å². The second-order valence-electron chi connectivity index (χ2n) is 5.82. The van der Waals surface area contributed by atoms with Gasteiger partial charge in [0.25, 0.3) is 5.91 Å². The number of aryl methyl sites for hydroxylation is 1. The summed E-state index contributed by atoms with van der Waals surface area (Å²) < 4.78 is 0. The maximum atomic E-state index is 11.8. The average molecular weight is 324 g/mol. The summed E-state index contributed by atoms with van der Waals surface area (Å²) in [5, 5.41) is 8.76.